The summed E-state index contributed by atoms with van der Waals surface area (Å²) in [5, 5.41) is 11.2. The summed E-state index contributed by atoms with van der Waals surface area (Å²) in [5.41, 5.74) is 0.670. The summed E-state index contributed by atoms with van der Waals surface area (Å²) in [5.74, 6) is 2.00. The molecule has 2 aromatic heterocycles. The number of furan rings is 1. The second-order valence-electron chi connectivity index (χ2n) is 4.08. The molecule has 2 heterocycles. The minimum atomic E-state index is 0.548. The Morgan fingerprint density at radius 3 is 3.00 bits per heavy atom. The molecule has 3 rings (SSSR count). The number of aromatic nitrogens is 3. The zero-order valence-corrected chi connectivity index (χ0v) is 10.6. The lowest BCUT2D eigenvalue weighted by molar-refractivity contribution is 0.578. The van der Waals surface area contributed by atoms with E-state index in [9.17, 15) is 0 Å². The third kappa shape index (κ3) is 2.46. The highest BCUT2D eigenvalue weighted by Gasteiger charge is 2.21. The molecule has 17 heavy (non-hydrogen) atoms. The molecule has 0 radical (unpaired) electrons. The fourth-order valence-electron chi connectivity index (χ4n) is 1.52. The zero-order valence-electron chi connectivity index (χ0n) is 9.06. The van der Waals surface area contributed by atoms with Gasteiger partial charge in [-0.1, -0.05) is 0 Å². The molecule has 0 aromatic carbocycles. The van der Waals surface area contributed by atoms with Gasteiger partial charge in [-0.2, -0.15) is 0 Å². The number of nitrogens with one attached hydrogen (secondary N) is 1. The zero-order chi connectivity index (χ0) is 11.7. The van der Waals surface area contributed by atoms with Gasteiger partial charge in [0.05, 0.1) is 6.26 Å². The van der Waals surface area contributed by atoms with E-state index in [-0.39, 0.29) is 0 Å². The first-order chi connectivity index (χ1) is 8.33. The van der Waals surface area contributed by atoms with Crippen LogP contribution in [-0.4, -0.2) is 21.7 Å². The molecule has 1 aliphatic carbocycles. The third-order valence-electron chi connectivity index (χ3n) is 2.65. The van der Waals surface area contributed by atoms with Crippen molar-refractivity contribution in [3.63, 3.8) is 0 Å². The number of hydrogen-bond acceptors (Lipinski definition) is 5. The van der Waals surface area contributed by atoms with E-state index in [0.29, 0.717) is 22.0 Å². The number of anilines is 1. The molecule has 0 spiro atoms. The molecule has 1 N–H and O–H groups in total. The normalized spacial score (nSPS) is 14.9. The van der Waals surface area contributed by atoms with Gasteiger partial charge in [0.25, 0.3) is 0 Å². The van der Waals surface area contributed by atoms with Gasteiger partial charge in [-0.3, -0.25) is 0 Å². The van der Waals surface area contributed by atoms with Gasteiger partial charge in [0.2, 0.25) is 5.95 Å². The summed E-state index contributed by atoms with van der Waals surface area (Å²) in [7, 11) is 0. The van der Waals surface area contributed by atoms with E-state index in [2.05, 4.69) is 36.4 Å². The van der Waals surface area contributed by atoms with Gasteiger partial charge in [0, 0.05) is 6.54 Å². The lowest BCUT2D eigenvalue weighted by Gasteiger charge is -2.04. The molecule has 2 aromatic rings. The van der Waals surface area contributed by atoms with Crippen LogP contribution in [-0.2, 0) is 0 Å². The minimum absolute atomic E-state index is 0.548. The second kappa shape index (κ2) is 4.44. The lowest BCUT2D eigenvalue weighted by atomic mass is 10.3. The van der Waals surface area contributed by atoms with Crippen LogP contribution in [0.1, 0.15) is 12.8 Å². The quantitative estimate of drug-likeness (QED) is 0.939. The highest BCUT2D eigenvalue weighted by molar-refractivity contribution is 9.10. The van der Waals surface area contributed by atoms with Crippen LogP contribution in [0.5, 0.6) is 0 Å². The predicted octanol–water partition coefficient (Wildman–Crippen LogP) is 2.72. The first-order valence-corrected chi connectivity index (χ1v) is 6.30. The molecule has 0 unspecified atom stereocenters. The topological polar surface area (TPSA) is 63.8 Å². The van der Waals surface area contributed by atoms with Crippen molar-refractivity contribution in [1.82, 2.24) is 15.2 Å². The summed E-state index contributed by atoms with van der Waals surface area (Å²) >= 11 is 3.32. The second-order valence-corrected chi connectivity index (χ2v) is 4.83. The SMILES string of the molecule is Brc1nnc(NCC2CC2)nc1-c1ccco1. The molecule has 1 fully saturated rings. The number of nitrogens with zero attached hydrogens (tertiary/aromatic N) is 3. The van der Waals surface area contributed by atoms with Crippen LogP contribution in [0.25, 0.3) is 11.5 Å². The summed E-state index contributed by atoms with van der Waals surface area (Å²) in [6.07, 6.45) is 4.20. The molecular weight excluding hydrogens is 284 g/mol. The molecule has 0 saturated heterocycles. The molecule has 0 bridgehead atoms. The Labute approximate surface area is 107 Å². The fourth-order valence-corrected chi connectivity index (χ4v) is 1.88. The Bertz CT molecular complexity index is 510. The summed E-state index contributed by atoms with van der Waals surface area (Å²) < 4.78 is 5.89. The van der Waals surface area contributed by atoms with Crippen LogP contribution in [0.3, 0.4) is 0 Å². The van der Waals surface area contributed by atoms with Gasteiger partial charge in [0.15, 0.2) is 10.4 Å². The molecule has 5 nitrogen and oxygen atoms in total. The van der Waals surface area contributed by atoms with E-state index in [4.69, 9.17) is 4.42 Å². The molecule has 0 amide bonds. The summed E-state index contributed by atoms with van der Waals surface area (Å²) in [6, 6.07) is 3.67. The first kappa shape index (κ1) is 10.7. The van der Waals surface area contributed by atoms with Crippen LogP contribution >= 0.6 is 15.9 Å². The van der Waals surface area contributed by atoms with Crippen molar-refractivity contribution in [2.24, 2.45) is 5.92 Å². The number of halogens is 1. The van der Waals surface area contributed by atoms with Crippen molar-refractivity contribution >= 4 is 21.9 Å². The van der Waals surface area contributed by atoms with E-state index in [1.54, 1.807) is 6.26 Å². The van der Waals surface area contributed by atoms with Gasteiger partial charge in [-0.15, -0.1) is 10.2 Å². The van der Waals surface area contributed by atoms with Gasteiger partial charge in [-0.05, 0) is 46.8 Å². The van der Waals surface area contributed by atoms with E-state index >= 15 is 0 Å². The van der Waals surface area contributed by atoms with Gasteiger partial charge < -0.3 is 9.73 Å². The van der Waals surface area contributed by atoms with Crippen LogP contribution in [0.2, 0.25) is 0 Å². The van der Waals surface area contributed by atoms with Crippen LogP contribution < -0.4 is 5.32 Å². The molecule has 0 aliphatic heterocycles. The Morgan fingerprint density at radius 1 is 1.41 bits per heavy atom. The summed E-state index contributed by atoms with van der Waals surface area (Å²) in [4.78, 5) is 4.39. The average molecular weight is 295 g/mol. The number of rotatable bonds is 4. The van der Waals surface area contributed by atoms with Crippen molar-refractivity contribution in [3.05, 3.63) is 23.0 Å². The Hall–Kier alpha value is -1.43. The molecule has 1 saturated carbocycles. The highest BCUT2D eigenvalue weighted by atomic mass is 79.9. The van der Waals surface area contributed by atoms with Crippen molar-refractivity contribution in [2.75, 3.05) is 11.9 Å². The predicted molar refractivity (Wildman–Crippen MR) is 66.4 cm³/mol. The van der Waals surface area contributed by atoms with Crippen LogP contribution in [0.4, 0.5) is 5.95 Å². The van der Waals surface area contributed by atoms with E-state index in [1.165, 1.54) is 12.8 Å². The fraction of sp³-hybridized carbons (Fsp3) is 0.364. The monoisotopic (exact) mass is 294 g/mol. The molecule has 0 atom stereocenters. The number of hydrogen-bond donors (Lipinski definition) is 1. The van der Waals surface area contributed by atoms with Gasteiger partial charge >= 0.3 is 0 Å². The standard InChI is InChI=1S/C11H11BrN4O/c12-10-9(8-2-1-5-17-8)14-11(16-15-10)13-6-7-3-4-7/h1-2,5,7H,3-4,6H2,(H,13,14,16). The van der Waals surface area contributed by atoms with Gasteiger partial charge in [-0.25, -0.2) is 4.98 Å². The Kier molecular flexibility index (Phi) is 2.80. The van der Waals surface area contributed by atoms with Crippen molar-refractivity contribution < 1.29 is 4.42 Å². The minimum Gasteiger partial charge on any atom is -0.463 e. The average Bonchev–Trinajstić information content (AvgIpc) is 3.01. The summed E-state index contributed by atoms with van der Waals surface area (Å²) in [6.45, 7) is 0.918. The molecule has 1 aliphatic rings. The highest BCUT2D eigenvalue weighted by Crippen LogP contribution is 2.29. The smallest absolute Gasteiger partial charge is 0.243 e. The maximum Gasteiger partial charge on any atom is 0.243 e. The van der Waals surface area contributed by atoms with Crippen molar-refractivity contribution in [3.8, 4) is 11.5 Å². The largest absolute Gasteiger partial charge is 0.463 e. The van der Waals surface area contributed by atoms with E-state index < -0.39 is 0 Å². The lowest BCUT2D eigenvalue weighted by Crippen LogP contribution is -2.08. The maximum atomic E-state index is 5.31. The van der Waals surface area contributed by atoms with E-state index in [1.807, 2.05) is 12.1 Å². The molecular formula is C11H11BrN4O. The Morgan fingerprint density at radius 2 is 2.29 bits per heavy atom. The van der Waals surface area contributed by atoms with Crippen LogP contribution in [0, 0.1) is 5.92 Å². The van der Waals surface area contributed by atoms with Crippen molar-refractivity contribution in [1.29, 1.82) is 0 Å². The van der Waals surface area contributed by atoms with E-state index in [0.717, 1.165) is 12.5 Å². The third-order valence-corrected chi connectivity index (χ3v) is 3.18. The van der Waals surface area contributed by atoms with Crippen LogP contribution in [0.15, 0.2) is 27.4 Å². The Balaban J connectivity index is 1.83. The maximum absolute atomic E-state index is 5.31. The molecule has 88 valence electrons. The first-order valence-electron chi connectivity index (χ1n) is 5.51. The van der Waals surface area contributed by atoms with Gasteiger partial charge in [0.1, 0.15) is 5.69 Å². The molecule has 6 heteroatoms. The van der Waals surface area contributed by atoms with Crippen molar-refractivity contribution in [2.45, 2.75) is 12.8 Å².